The van der Waals surface area contributed by atoms with Crippen LogP contribution in [-0.2, 0) is 6.54 Å². The predicted octanol–water partition coefficient (Wildman–Crippen LogP) is 3.05. The molecule has 0 bridgehead atoms. The van der Waals surface area contributed by atoms with E-state index in [4.69, 9.17) is 4.74 Å². The van der Waals surface area contributed by atoms with Gasteiger partial charge in [0, 0.05) is 23.4 Å². The van der Waals surface area contributed by atoms with E-state index in [0.717, 1.165) is 5.56 Å². The van der Waals surface area contributed by atoms with Gasteiger partial charge >= 0.3 is 0 Å². The lowest BCUT2D eigenvalue weighted by Gasteiger charge is -2.17. The zero-order chi connectivity index (χ0) is 20.4. The molecule has 4 rings (SSSR count). The molecule has 1 N–H and O–H groups in total. The molecule has 0 aliphatic heterocycles. The molecule has 148 valence electrons. The first kappa shape index (κ1) is 18.9. The summed E-state index contributed by atoms with van der Waals surface area (Å²) in [5.74, 6) is -0.394. The second-order valence-corrected chi connectivity index (χ2v) is 6.80. The number of fused-ring (bicyclic) bond motifs is 1. The van der Waals surface area contributed by atoms with Crippen LogP contribution in [0.1, 0.15) is 5.69 Å². The monoisotopic (exact) mass is 393 g/mol. The Morgan fingerprint density at radius 2 is 1.83 bits per heavy atom. The van der Waals surface area contributed by atoms with Crippen LogP contribution in [0.3, 0.4) is 0 Å². The van der Waals surface area contributed by atoms with Gasteiger partial charge in [0.2, 0.25) is 0 Å². The van der Waals surface area contributed by atoms with Crippen molar-refractivity contribution in [1.82, 2.24) is 14.2 Å². The third-order valence-electron chi connectivity index (χ3n) is 4.66. The van der Waals surface area contributed by atoms with E-state index < -0.39 is 11.9 Å². The van der Waals surface area contributed by atoms with E-state index in [-0.39, 0.29) is 24.5 Å². The molecule has 4 aromatic rings. The normalized spacial score (nSPS) is 12.2. The molecule has 2 aromatic carbocycles. The number of rotatable bonds is 6. The number of benzene rings is 2. The van der Waals surface area contributed by atoms with Crippen LogP contribution in [-0.4, -0.2) is 32.0 Å². The molecular formula is C22H20FN3O3. The molecule has 0 unspecified atom stereocenters. The van der Waals surface area contributed by atoms with Gasteiger partial charge in [0.1, 0.15) is 18.4 Å². The molecule has 1 atom stereocenters. The summed E-state index contributed by atoms with van der Waals surface area (Å²) in [5.41, 5.74) is 2.57. The van der Waals surface area contributed by atoms with E-state index in [1.54, 1.807) is 23.6 Å². The molecule has 6 nitrogen and oxygen atoms in total. The molecule has 0 saturated heterocycles. The van der Waals surface area contributed by atoms with E-state index in [0.29, 0.717) is 17.0 Å². The van der Waals surface area contributed by atoms with Crippen molar-refractivity contribution in [2.75, 3.05) is 6.61 Å². The number of halogens is 1. The van der Waals surface area contributed by atoms with Crippen LogP contribution in [0.15, 0.2) is 71.5 Å². The first-order chi connectivity index (χ1) is 14.0. The van der Waals surface area contributed by atoms with Gasteiger partial charge in [-0.2, -0.15) is 9.61 Å². The number of aliphatic hydroxyl groups excluding tert-OH is 1. The number of aromatic nitrogens is 3. The summed E-state index contributed by atoms with van der Waals surface area (Å²) < 4.78 is 22.2. The number of nitrogens with zero attached hydrogens (tertiary/aromatic N) is 3. The Kier molecular flexibility index (Phi) is 5.14. The Bertz CT molecular complexity index is 1200. The summed E-state index contributed by atoms with van der Waals surface area (Å²) in [6, 6.07) is 18.9. The van der Waals surface area contributed by atoms with Crippen LogP contribution in [0, 0.1) is 12.7 Å². The first-order valence-corrected chi connectivity index (χ1v) is 9.24. The number of aryl methyl sites for hydroxylation is 1. The molecule has 2 aromatic heterocycles. The van der Waals surface area contributed by atoms with Gasteiger partial charge in [0.15, 0.2) is 11.6 Å². The first-order valence-electron chi connectivity index (χ1n) is 9.24. The molecule has 0 spiro atoms. The molecule has 7 heteroatoms. The lowest BCUT2D eigenvalue weighted by molar-refractivity contribution is 0.0906. The minimum Gasteiger partial charge on any atom is -0.488 e. The predicted molar refractivity (Wildman–Crippen MR) is 108 cm³/mol. The fourth-order valence-corrected chi connectivity index (χ4v) is 3.22. The van der Waals surface area contributed by atoms with Gasteiger partial charge in [-0.1, -0.05) is 42.5 Å². The Morgan fingerprint density at radius 1 is 1.10 bits per heavy atom. The van der Waals surface area contributed by atoms with E-state index in [1.165, 1.54) is 22.7 Å². The zero-order valence-corrected chi connectivity index (χ0v) is 15.8. The third kappa shape index (κ3) is 3.90. The maximum absolute atomic E-state index is 13.7. The summed E-state index contributed by atoms with van der Waals surface area (Å²) in [6.07, 6.45) is -0.908. The summed E-state index contributed by atoms with van der Waals surface area (Å²) in [7, 11) is 0. The van der Waals surface area contributed by atoms with E-state index >= 15 is 0 Å². The fraction of sp³-hybridized carbons (Fsp3) is 0.182. The largest absolute Gasteiger partial charge is 0.488 e. The van der Waals surface area contributed by atoms with Gasteiger partial charge in [0.25, 0.3) is 5.56 Å². The molecule has 0 amide bonds. The van der Waals surface area contributed by atoms with Gasteiger partial charge in [0.05, 0.1) is 12.2 Å². The second-order valence-electron chi connectivity index (χ2n) is 6.80. The number of aliphatic hydroxyl groups is 1. The van der Waals surface area contributed by atoms with Crippen molar-refractivity contribution < 1.29 is 14.2 Å². The molecule has 29 heavy (non-hydrogen) atoms. The number of hydrogen-bond donors (Lipinski definition) is 1. The third-order valence-corrected chi connectivity index (χ3v) is 4.66. The molecule has 0 aliphatic rings. The minimum atomic E-state index is -0.908. The van der Waals surface area contributed by atoms with Gasteiger partial charge < -0.3 is 14.4 Å². The van der Waals surface area contributed by atoms with Crippen LogP contribution in [0.2, 0.25) is 0 Å². The Hall–Kier alpha value is -3.45. The van der Waals surface area contributed by atoms with Crippen LogP contribution in [0.5, 0.6) is 5.75 Å². The summed E-state index contributed by atoms with van der Waals surface area (Å²) in [5, 5.41) is 14.9. The Morgan fingerprint density at radius 3 is 2.59 bits per heavy atom. The fourth-order valence-electron chi connectivity index (χ4n) is 3.22. The Balaban J connectivity index is 1.62. The molecular weight excluding hydrogens is 373 g/mol. The smallest absolute Gasteiger partial charge is 0.274 e. The van der Waals surface area contributed by atoms with Crippen LogP contribution < -0.4 is 10.3 Å². The van der Waals surface area contributed by atoms with Gasteiger partial charge in [-0.3, -0.25) is 4.79 Å². The SMILES string of the molecule is Cc1cc(=O)n2nc(-c3ccccc3)cc2n1C[C@H](O)COc1ccccc1F. The van der Waals surface area contributed by atoms with E-state index in [2.05, 4.69) is 5.10 Å². The lowest BCUT2D eigenvalue weighted by Crippen LogP contribution is -2.28. The Labute approximate surface area is 166 Å². The molecule has 0 saturated carbocycles. The van der Waals surface area contributed by atoms with Crippen molar-refractivity contribution in [2.24, 2.45) is 0 Å². The summed E-state index contributed by atoms with van der Waals surface area (Å²) >= 11 is 0. The number of ether oxygens (including phenoxy) is 1. The highest BCUT2D eigenvalue weighted by atomic mass is 19.1. The maximum Gasteiger partial charge on any atom is 0.274 e. The number of para-hydroxylation sites is 1. The van der Waals surface area contributed by atoms with E-state index in [1.807, 2.05) is 36.4 Å². The molecule has 0 radical (unpaired) electrons. The van der Waals surface area contributed by atoms with Crippen molar-refractivity contribution >= 4 is 5.65 Å². The summed E-state index contributed by atoms with van der Waals surface area (Å²) in [6.45, 7) is 1.88. The van der Waals surface area contributed by atoms with Crippen molar-refractivity contribution in [3.8, 4) is 17.0 Å². The van der Waals surface area contributed by atoms with Crippen LogP contribution in [0.4, 0.5) is 4.39 Å². The quantitative estimate of drug-likeness (QED) is 0.547. The number of hydrogen-bond acceptors (Lipinski definition) is 4. The van der Waals surface area contributed by atoms with Crippen molar-refractivity contribution in [3.63, 3.8) is 0 Å². The lowest BCUT2D eigenvalue weighted by atomic mass is 10.2. The highest BCUT2D eigenvalue weighted by molar-refractivity contribution is 5.64. The highest BCUT2D eigenvalue weighted by Crippen LogP contribution is 2.20. The van der Waals surface area contributed by atoms with Gasteiger partial charge in [-0.15, -0.1) is 0 Å². The molecule has 0 fully saturated rings. The van der Waals surface area contributed by atoms with Gasteiger partial charge in [-0.25, -0.2) is 4.39 Å². The average Bonchev–Trinajstić information content (AvgIpc) is 3.17. The van der Waals surface area contributed by atoms with Crippen molar-refractivity contribution in [1.29, 1.82) is 0 Å². The van der Waals surface area contributed by atoms with E-state index in [9.17, 15) is 14.3 Å². The minimum absolute atomic E-state index is 0.0850. The highest BCUT2D eigenvalue weighted by Gasteiger charge is 2.15. The standard InChI is InChI=1S/C22H20FN3O3/c1-15-11-22(28)26-21(12-19(24-26)16-7-3-2-4-8-16)25(15)13-17(27)14-29-20-10-6-5-9-18(20)23/h2-12,17,27H,13-14H2,1H3/t17-/m0/s1. The van der Waals surface area contributed by atoms with Crippen LogP contribution in [0.25, 0.3) is 16.9 Å². The van der Waals surface area contributed by atoms with Crippen molar-refractivity contribution in [3.05, 3.63) is 88.6 Å². The maximum atomic E-state index is 13.7. The second kappa shape index (κ2) is 7.89. The van der Waals surface area contributed by atoms with Crippen LogP contribution >= 0.6 is 0 Å². The zero-order valence-electron chi connectivity index (χ0n) is 15.8. The summed E-state index contributed by atoms with van der Waals surface area (Å²) in [4.78, 5) is 12.4. The van der Waals surface area contributed by atoms with Gasteiger partial charge in [-0.05, 0) is 19.1 Å². The van der Waals surface area contributed by atoms with Crippen molar-refractivity contribution in [2.45, 2.75) is 19.6 Å². The molecule has 0 aliphatic carbocycles. The average molecular weight is 393 g/mol. The molecule has 2 heterocycles. The topological polar surface area (TPSA) is 68.8 Å².